The molecule has 1 fully saturated rings. The Balaban J connectivity index is 1.50. The third-order valence-electron chi connectivity index (χ3n) is 6.04. The Morgan fingerprint density at radius 2 is 1.73 bits per heavy atom. The summed E-state index contributed by atoms with van der Waals surface area (Å²) in [6.45, 7) is 3.80. The molecule has 166 valence electrons. The van der Waals surface area contributed by atoms with Crippen molar-refractivity contribution in [2.45, 2.75) is 18.7 Å². The fraction of sp³-hybridized carbons (Fsp3) is 0.192. The predicted octanol–water partition coefficient (Wildman–Crippen LogP) is 4.22. The third-order valence-corrected chi connectivity index (χ3v) is 7.42. The zero-order valence-corrected chi connectivity index (χ0v) is 19.2. The minimum Gasteiger partial charge on any atom is -0.324 e. The first-order chi connectivity index (χ1) is 15.9. The topological polar surface area (TPSA) is 69.7 Å². The second-order valence-corrected chi connectivity index (χ2v) is 9.44. The van der Waals surface area contributed by atoms with E-state index in [0.29, 0.717) is 11.4 Å². The number of fused-ring (bicyclic) bond motifs is 2. The lowest BCUT2D eigenvalue weighted by atomic mass is 10.0. The van der Waals surface area contributed by atoms with Crippen LogP contribution in [0.15, 0.2) is 72.8 Å². The number of hydrogen-bond acceptors (Lipinski definition) is 4. The van der Waals surface area contributed by atoms with Crippen LogP contribution in [0.25, 0.3) is 0 Å². The molecule has 1 N–H and O–H groups in total. The quantitative estimate of drug-likeness (QED) is 0.637. The average molecular weight is 458 g/mol. The van der Waals surface area contributed by atoms with Gasteiger partial charge in [0.15, 0.2) is 0 Å². The Hall–Kier alpha value is -3.58. The fourth-order valence-corrected chi connectivity index (χ4v) is 5.94. The van der Waals surface area contributed by atoms with Crippen LogP contribution in [-0.4, -0.2) is 30.0 Å². The number of carbonyl (C=O) groups is 3. The van der Waals surface area contributed by atoms with Gasteiger partial charge in [0.25, 0.3) is 5.91 Å². The van der Waals surface area contributed by atoms with Gasteiger partial charge in [0, 0.05) is 16.9 Å². The van der Waals surface area contributed by atoms with E-state index in [2.05, 4.69) is 5.32 Å². The van der Waals surface area contributed by atoms with Crippen LogP contribution in [0.1, 0.15) is 16.7 Å². The van der Waals surface area contributed by atoms with Gasteiger partial charge in [-0.2, -0.15) is 0 Å². The molecule has 1 saturated heterocycles. The Kier molecular flexibility index (Phi) is 5.21. The van der Waals surface area contributed by atoms with E-state index in [1.165, 1.54) is 16.7 Å². The average Bonchev–Trinajstić information content (AvgIpc) is 3.27. The van der Waals surface area contributed by atoms with Crippen molar-refractivity contribution in [2.75, 3.05) is 27.4 Å². The maximum absolute atomic E-state index is 13.9. The van der Waals surface area contributed by atoms with Crippen LogP contribution >= 0.6 is 11.8 Å². The molecule has 5 rings (SSSR count). The first kappa shape index (κ1) is 21.3. The van der Waals surface area contributed by atoms with Gasteiger partial charge < -0.3 is 5.32 Å². The summed E-state index contributed by atoms with van der Waals surface area (Å²) in [5, 5.41) is 2.93. The van der Waals surface area contributed by atoms with Gasteiger partial charge in [0.2, 0.25) is 16.7 Å². The van der Waals surface area contributed by atoms with Gasteiger partial charge in [0.05, 0.1) is 11.4 Å². The van der Waals surface area contributed by atoms with Gasteiger partial charge in [-0.05, 0) is 43.7 Å². The molecule has 2 aliphatic rings. The van der Waals surface area contributed by atoms with Crippen LogP contribution in [0.3, 0.4) is 0 Å². The highest BCUT2D eigenvalue weighted by molar-refractivity contribution is 8.02. The first-order valence-electron chi connectivity index (χ1n) is 10.7. The Morgan fingerprint density at radius 3 is 2.48 bits per heavy atom. The van der Waals surface area contributed by atoms with E-state index >= 15 is 0 Å². The summed E-state index contributed by atoms with van der Waals surface area (Å²) in [6, 6.07) is 22.4. The molecule has 33 heavy (non-hydrogen) atoms. The van der Waals surface area contributed by atoms with E-state index in [1.54, 1.807) is 4.90 Å². The molecule has 0 bridgehead atoms. The summed E-state index contributed by atoms with van der Waals surface area (Å²) in [6.07, 6.45) is 0. The molecular formula is C26H23N3O3S. The molecule has 0 radical (unpaired) electrons. The van der Waals surface area contributed by atoms with Gasteiger partial charge in [0.1, 0.15) is 6.54 Å². The molecule has 0 unspecified atom stereocenters. The minimum absolute atomic E-state index is 0.129. The minimum atomic E-state index is -1.21. The summed E-state index contributed by atoms with van der Waals surface area (Å²) >= 11 is 1.31. The molecule has 3 aromatic rings. The first-order valence-corrected chi connectivity index (χ1v) is 11.7. The molecular weight excluding hydrogens is 434 g/mol. The van der Waals surface area contributed by atoms with Crippen LogP contribution in [0, 0.1) is 13.8 Å². The van der Waals surface area contributed by atoms with Crippen molar-refractivity contribution in [3.63, 3.8) is 0 Å². The molecule has 2 heterocycles. The van der Waals surface area contributed by atoms with Crippen molar-refractivity contribution in [1.82, 2.24) is 0 Å². The number of nitrogens with one attached hydrogen (secondary N) is 1. The number of nitrogens with zero attached hydrogens (tertiary/aromatic N) is 2. The molecule has 1 atom stereocenters. The molecule has 2 aliphatic heterocycles. The normalized spacial score (nSPS) is 19.3. The highest BCUT2D eigenvalue weighted by atomic mass is 32.2. The largest absolute Gasteiger partial charge is 0.324 e. The van der Waals surface area contributed by atoms with E-state index in [0.717, 1.165) is 22.4 Å². The number of benzene rings is 3. The fourth-order valence-electron chi connectivity index (χ4n) is 4.58. The van der Waals surface area contributed by atoms with E-state index in [-0.39, 0.29) is 30.0 Å². The summed E-state index contributed by atoms with van der Waals surface area (Å²) in [4.78, 5) is 41.8. The molecule has 0 aromatic heterocycles. The maximum atomic E-state index is 13.9. The number of rotatable bonds is 4. The molecule has 1 spiro atoms. The van der Waals surface area contributed by atoms with Gasteiger partial charge in [-0.15, -0.1) is 11.8 Å². The standard InChI is InChI=1S/C26H23N3O3S/c1-17-12-13-21(18(2)14-17)27-23(30)15-28-22-11-7-6-10-20(22)26(25(28)32)29(24(31)16-33-26)19-8-4-3-5-9-19/h3-14H,15-16H2,1-2H3,(H,27,30)/t26-/m1/s1. The summed E-state index contributed by atoms with van der Waals surface area (Å²) < 4.78 is 0. The van der Waals surface area contributed by atoms with Crippen molar-refractivity contribution in [2.24, 2.45) is 0 Å². The van der Waals surface area contributed by atoms with E-state index < -0.39 is 4.87 Å². The zero-order valence-electron chi connectivity index (χ0n) is 18.4. The Labute approximate surface area is 196 Å². The van der Waals surface area contributed by atoms with Crippen molar-refractivity contribution in [1.29, 1.82) is 0 Å². The lowest BCUT2D eigenvalue weighted by Crippen LogP contribution is -2.50. The molecule has 6 nitrogen and oxygen atoms in total. The number of para-hydroxylation sites is 2. The van der Waals surface area contributed by atoms with Crippen LogP contribution in [-0.2, 0) is 19.3 Å². The van der Waals surface area contributed by atoms with Crippen molar-refractivity contribution in [3.05, 3.63) is 89.5 Å². The summed E-state index contributed by atoms with van der Waals surface area (Å²) in [5.41, 5.74) is 4.84. The van der Waals surface area contributed by atoms with Crippen LogP contribution in [0.5, 0.6) is 0 Å². The van der Waals surface area contributed by atoms with Gasteiger partial charge >= 0.3 is 0 Å². The van der Waals surface area contributed by atoms with Crippen LogP contribution in [0.4, 0.5) is 17.1 Å². The van der Waals surface area contributed by atoms with Crippen molar-refractivity contribution < 1.29 is 14.4 Å². The SMILES string of the molecule is Cc1ccc(NC(=O)CN2C(=O)[C@]3(SCC(=O)N3c3ccccc3)c3ccccc32)c(C)c1. The zero-order chi connectivity index (χ0) is 23.2. The number of anilines is 3. The molecule has 0 saturated carbocycles. The van der Waals surface area contributed by atoms with Gasteiger partial charge in [-0.3, -0.25) is 24.2 Å². The number of aryl methyl sites for hydroxylation is 2. The monoisotopic (exact) mass is 457 g/mol. The molecule has 3 amide bonds. The maximum Gasteiger partial charge on any atom is 0.269 e. The second-order valence-electron chi connectivity index (χ2n) is 8.27. The van der Waals surface area contributed by atoms with Crippen LogP contribution in [0.2, 0.25) is 0 Å². The lowest BCUT2D eigenvalue weighted by molar-refractivity contribution is -0.124. The van der Waals surface area contributed by atoms with E-state index in [1.807, 2.05) is 86.6 Å². The number of thioether (sulfide) groups is 1. The van der Waals surface area contributed by atoms with Gasteiger partial charge in [-0.25, -0.2) is 0 Å². The molecule has 7 heteroatoms. The molecule has 3 aromatic carbocycles. The lowest BCUT2D eigenvalue weighted by Gasteiger charge is -2.33. The second kappa shape index (κ2) is 8.08. The Morgan fingerprint density at radius 1 is 1.00 bits per heavy atom. The van der Waals surface area contributed by atoms with Crippen molar-refractivity contribution >= 4 is 46.5 Å². The number of carbonyl (C=O) groups excluding carboxylic acids is 3. The van der Waals surface area contributed by atoms with E-state index in [4.69, 9.17) is 0 Å². The number of hydrogen-bond donors (Lipinski definition) is 1. The van der Waals surface area contributed by atoms with E-state index in [9.17, 15) is 14.4 Å². The number of amides is 3. The van der Waals surface area contributed by atoms with Gasteiger partial charge in [-0.1, -0.05) is 54.1 Å². The highest BCUT2D eigenvalue weighted by Gasteiger charge is 2.61. The third kappa shape index (κ3) is 3.40. The smallest absolute Gasteiger partial charge is 0.269 e. The highest BCUT2D eigenvalue weighted by Crippen LogP contribution is 2.55. The van der Waals surface area contributed by atoms with Crippen molar-refractivity contribution in [3.8, 4) is 0 Å². The predicted molar refractivity (Wildman–Crippen MR) is 131 cm³/mol. The summed E-state index contributed by atoms with van der Waals surface area (Å²) in [5.74, 6) is -0.504. The summed E-state index contributed by atoms with van der Waals surface area (Å²) in [7, 11) is 0. The Bertz CT molecular complexity index is 1280. The molecule has 0 aliphatic carbocycles. The van der Waals surface area contributed by atoms with Crippen LogP contribution < -0.4 is 15.1 Å².